The molecule has 0 aliphatic carbocycles. The van der Waals surface area contributed by atoms with Gasteiger partial charge in [0, 0.05) is 25.1 Å². The molecule has 19 heavy (non-hydrogen) atoms. The third-order valence-corrected chi connectivity index (χ3v) is 3.03. The molecule has 0 unspecified atom stereocenters. The lowest BCUT2D eigenvalue weighted by Crippen LogP contribution is -2.02. The van der Waals surface area contributed by atoms with Gasteiger partial charge in [-0.3, -0.25) is 0 Å². The van der Waals surface area contributed by atoms with Gasteiger partial charge in [0.25, 0.3) is 0 Å². The number of aromatic nitrogens is 2. The van der Waals surface area contributed by atoms with E-state index < -0.39 is 0 Å². The Balaban J connectivity index is 2.64. The van der Waals surface area contributed by atoms with Crippen molar-refractivity contribution in [2.24, 2.45) is 0 Å². The van der Waals surface area contributed by atoms with Gasteiger partial charge >= 0.3 is 0 Å². The number of hydrogen-bond donors (Lipinski definition) is 1. The molecule has 0 saturated carbocycles. The van der Waals surface area contributed by atoms with E-state index in [1.165, 1.54) is 6.07 Å². The van der Waals surface area contributed by atoms with Gasteiger partial charge in [0.15, 0.2) is 0 Å². The zero-order chi connectivity index (χ0) is 14.0. The van der Waals surface area contributed by atoms with Crippen molar-refractivity contribution in [1.29, 1.82) is 0 Å². The molecule has 2 aromatic rings. The fourth-order valence-corrected chi connectivity index (χ4v) is 2.15. The summed E-state index contributed by atoms with van der Waals surface area (Å²) in [5, 5.41) is 2.99. The van der Waals surface area contributed by atoms with Crippen molar-refractivity contribution in [1.82, 2.24) is 9.97 Å². The second-order valence-electron chi connectivity index (χ2n) is 4.60. The van der Waals surface area contributed by atoms with E-state index in [9.17, 15) is 4.39 Å². The molecule has 0 amide bonds. The maximum atomic E-state index is 14.2. The second-order valence-corrected chi connectivity index (χ2v) is 4.60. The summed E-state index contributed by atoms with van der Waals surface area (Å²) in [5.74, 6) is 1.18. The first-order valence-electron chi connectivity index (χ1n) is 6.38. The smallest absolute Gasteiger partial charge is 0.133 e. The highest BCUT2D eigenvalue weighted by molar-refractivity contribution is 5.67. The Hall–Kier alpha value is -1.97. The van der Waals surface area contributed by atoms with Crippen LogP contribution in [0, 0.1) is 19.7 Å². The van der Waals surface area contributed by atoms with Crippen molar-refractivity contribution in [3.05, 3.63) is 41.0 Å². The molecule has 0 aliphatic heterocycles. The van der Waals surface area contributed by atoms with Crippen LogP contribution in [0.5, 0.6) is 0 Å². The zero-order valence-electron chi connectivity index (χ0n) is 11.7. The highest BCUT2D eigenvalue weighted by Gasteiger charge is 2.13. The van der Waals surface area contributed by atoms with Crippen LogP contribution in [-0.4, -0.2) is 17.0 Å². The van der Waals surface area contributed by atoms with Crippen molar-refractivity contribution < 1.29 is 4.39 Å². The molecule has 1 aromatic heterocycles. The zero-order valence-corrected chi connectivity index (χ0v) is 11.7. The van der Waals surface area contributed by atoms with Crippen LogP contribution in [0.15, 0.2) is 18.2 Å². The Morgan fingerprint density at radius 1 is 1.16 bits per heavy atom. The maximum absolute atomic E-state index is 14.2. The first kappa shape index (κ1) is 13.5. The molecule has 4 heteroatoms. The number of halogens is 1. The maximum Gasteiger partial charge on any atom is 0.133 e. The Bertz CT molecular complexity index is 563. The number of nitrogens with one attached hydrogen (secondary N) is 1. The Morgan fingerprint density at radius 3 is 2.47 bits per heavy atom. The predicted octanol–water partition coefficient (Wildman–Crippen LogP) is 3.50. The standard InChI is InChI=1S/C15H18FN3/c1-5-13-18-12(8-14(17-4)19-13)15-10(3)6-9(2)7-11(15)16/h6-8H,5H2,1-4H3,(H,17,18,19). The molecular weight excluding hydrogens is 241 g/mol. The van der Waals surface area contributed by atoms with Crippen molar-refractivity contribution >= 4 is 5.82 Å². The minimum atomic E-state index is -0.236. The van der Waals surface area contributed by atoms with Crippen LogP contribution >= 0.6 is 0 Å². The van der Waals surface area contributed by atoms with Crippen LogP contribution in [0.4, 0.5) is 10.2 Å². The highest BCUT2D eigenvalue weighted by Crippen LogP contribution is 2.27. The van der Waals surface area contributed by atoms with Gasteiger partial charge in [-0.15, -0.1) is 0 Å². The number of hydrogen-bond acceptors (Lipinski definition) is 3. The van der Waals surface area contributed by atoms with E-state index in [1.807, 2.05) is 26.8 Å². The monoisotopic (exact) mass is 259 g/mol. The molecule has 1 heterocycles. The molecule has 3 nitrogen and oxygen atoms in total. The molecule has 0 radical (unpaired) electrons. The summed E-state index contributed by atoms with van der Waals surface area (Å²) in [6.45, 7) is 5.77. The fraction of sp³-hybridized carbons (Fsp3) is 0.333. The van der Waals surface area contributed by atoms with Crippen LogP contribution in [0.3, 0.4) is 0 Å². The molecule has 0 fully saturated rings. The summed E-state index contributed by atoms with van der Waals surface area (Å²) in [5.41, 5.74) is 2.99. The van der Waals surface area contributed by atoms with E-state index in [0.717, 1.165) is 17.5 Å². The first-order valence-corrected chi connectivity index (χ1v) is 6.38. The molecular formula is C15H18FN3. The second kappa shape index (κ2) is 5.34. The molecule has 1 aromatic carbocycles. The first-order chi connectivity index (χ1) is 9.05. The minimum absolute atomic E-state index is 0.236. The number of aryl methyl sites for hydroxylation is 3. The number of rotatable bonds is 3. The molecule has 0 spiro atoms. The van der Waals surface area contributed by atoms with Gasteiger partial charge in [0.05, 0.1) is 5.69 Å². The van der Waals surface area contributed by atoms with Gasteiger partial charge in [-0.1, -0.05) is 13.0 Å². The molecule has 0 atom stereocenters. The Labute approximate surface area is 112 Å². The molecule has 2 rings (SSSR count). The summed E-state index contributed by atoms with van der Waals surface area (Å²) >= 11 is 0. The lowest BCUT2D eigenvalue weighted by molar-refractivity contribution is 0.628. The highest BCUT2D eigenvalue weighted by atomic mass is 19.1. The summed E-state index contributed by atoms with van der Waals surface area (Å²) in [6.07, 6.45) is 0.717. The van der Waals surface area contributed by atoms with Gasteiger partial charge < -0.3 is 5.32 Å². The molecule has 100 valence electrons. The lowest BCUT2D eigenvalue weighted by Gasteiger charge is -2.11. The quantitative estimate of drug-likeness (QED) is 0.916. The minimum Gasteiger partial charge on any atom is -0.373 e. The van der Waals surface area contributed by atoms with Gasteiger partial charge in [-0.2, -0.15) is 0 Å². The van der Waals surface area contributed by atoms with E-state index in [2.05, 4.69) is 15.3 Å². The summed E-state index contributed by atoms with van der Waals surface area (Å²) < 4.78 is 14.2. The van der Waals surface area contributed by atoms with Gasteiger partial charge in [0.2, 0.25) is 0 Å². The Morgan fingerprint density at radius 2 is 1.89 bits per heavy atom. The van der Waals surface area contributed by atoms with Crippen LogP contribution < -0.4 is 5.32 Å². The lowest BCUT2D eigenvalue weighted by atomic mass is 10.0. The number of anilines is 1. The van der Waals surface area contributed by atoms with Crippen LogP contribution in [0.25, 0.3) is 11.3 Å². The van der Waals surface area contributed by atoms with Crippen molar-refractivity contribution in [2.45, 2.75) is 27.2 Å². The average molecular weight is 259 g/mol. The third kappa shape index (κ3) is 2.72. The predicted molar refractivity (Wildman–Crippen MR) is 75.8 cm³/mol. The van der Waals surface area contributed by atoms with Gasteiger partial charge in [-0.25, -0.2) is 14.4 Å². The normalized spacial score (nSPS) is 10.6. The molecule has 0 saturated heterocycles. The topological polar surface area (TPSA) is 37.8 Å². The van der Waals surface area contributed by atoms with E-state index in [-0.39, 0.29) is 5.82 Å². The van der Waals surface area contributed by atoms with Crippen LogP contribution in [0.1, 0.15) is 23.9 Å². The number of nitrogens with zero attached hydrogens (tertiary/aromatic N) is 2. The fourth-order valence-electron chi connectivity index (χ4n) is 2.15. The van der Waals surface area contributed by atoms with E-state index in [4.69, 9.17) is 0 Å². The van der Waals surface area contributed by atoms with Crippen LogP contribution in [-0.2, 0) is 6.42 Å². The molecule has 1 N–H and O–H groups in total. The van der Waals surface area contributed by atoms with E-state index in [0.29, 0.717) is 22.9 Å². The van der Waals surface area contributed by atoms with Crippen LogP contribution in [0.2, 0.25) is 0 Å². The summed E-state index contributed by atoms with van der Waals surface area (Å²) in [4.78, 5) is 8.76. The third-order valence-electron chi connectivity index (χ3n) is 3.03. The van der Waals surface area contributed by atoms with Crippen molar-refractivity contribution in [3.8, 4) is 11.3 Å². The van der Waals surface area contributed by atoms with Crippen molar-refractivity contribution in [2.75, 3.05) is 12.4 Å². The Kier molecular flexibility index (Phi) is 3.79. The summed E-state index contributed by atoms with van der Waals surface area (Å²) in [6, 6.07) is 5.28. The van der Waals surface area contributed by atoms with E-state index in [1.54, 1.807) is 13.1 Å². The molecule has 0 bridgehead atoms. The van der Waals surface area contributed by atoms with E-state index >= 15 is 0 Å². The SMILES string of the molecule is CCc1nc(NC)cc(-c2c(C)cc(C)cc2F)n1. The largest absolute Gasteiger partial charge is 0.373 e. The average Bonchev–Trinajstić information content (AvgIpc) is 2.37. The number of benzene rings is 1. The van der Waals surface area contributed by atoms with Gasteiger partial charge in [0.1, 0.15) is 17.5 Å². The summed E-state index contributed by atoms with van der Waals surface area (Å²) in [7, 11) is 1.80. The van der Waals surface area contributed by atoms with Crippen molar-refractivity contribution in [3.63, 3.8) is 0 Å². The van der Waals surface area contributed by atoms with Gasteiger partial charge in [-0.05, 0) is 31.0 Å². The molecule has 0 aliphatic rings.